The van der Waals surface area contributed by atoms with Gasteiger partial charge in [-0.15, -0.1) is 0 Å². The van der Waals surface area contributed by atoms with Crippen LogP contribution in [0.25, 0.3) is 0 Å². The maximum absolute atomic E-state index is 12.1. The van der Waals surface area contributed by atoms with Crippen molar-refractivity contribution in [3.63, 3.8) is 0 Å². The SMILES string of the molecule is COc1ccccc1[C@H](C)NC(=O)N[C@@H](C)c1ccccn1. The fraction of sp³-hybridized carbons (Fsp3) is 0.294. The summed E-state index contributed by atoms with van der Waals surface area (Å²) >= 11 is 0. The third kappa shape index (κ3) is 3.97. The van der Waals surface area contributed by atoms with Crippen molar-refractivity contribution in [2.45, 2.75) is 25.9 Å². The molecule has 0 aliphatic rings. The number of pyridine rings is 1. The standard InChI is InChI=1S/C17H21N3O2/c1-12(14-8-4-5-10-16(14)22-3)19-17(21)20-13(2)15-9-6-7-11-18-15/h4-13H,1-3H3,(H2,19,20,21)/t12-,13-/m0/s1. The van der Waals surface area contributed by atoms with Crippen LogP contribution in [0, 0.1) is 0 Å². The summed E-state index contributed by atoms with van der Waals surface area (Å²) in [7, 11) is 1.62. The van der Waals surface area contributed by atoms with Gasteiger partial charge < -0.3 is 15.4 Å². The second-order valence-electron chi connectivity index (χ2n) is 5.06. The summed E-state index contributed by atoms with van der Waals surface area (Å²) < 4.78 is 5.32. The van der Waals surface area contributed by atoms with Crippen LogP contribution in [0.15, 0.2) is 48.7 Å². The number of carbonyl (C=O) groups excluding carboxylic acids is 1. The lowest BCUT2D eigenvalue weighted by molar-refractivity contribution is 0.234. The molecule has 0 bridgehead atoms. The fourth-order valence-corrected chi connectivity index (χ4v) is 2.24. The number of aromatic nitrogens is 1. The first-order valence-corrected chi connectivity index (χ1v) is 7.22. The molecule has 1 aromatic carbocycles. The monoisotopic (exact) mass is 299 g/mol. The number of benzene rings is 1. The minimum atomic E-state index is -0.239. The summed E-state index contributed by atoms with van der Waals surface area (Å²) in [5.41, 5.74) is 1.76. The number of amides is 2. The Morgan fingerprint density at radius 1 is 1.05 bits per heavy atom. The number of methoxy groups -OCH3 is 1. The second-order valence-corrected chi connectivity index (χ2v) is 5.06. The van der Waals surface area contributed by atoms with Crippen LogP contribution >= 0.6 is 0 Å². The van der Waals surface area contributed by atoms with E-state index in [1.54, 1.807) is 13.3 Å². The first-order chi connectivity index (χ1) is 10.6. The van der Waals surface area contributed by atoms with E-state index in [1.165, 1.54) is 0 Å². The Morgan fingerprint density at radius 2 is 1.73 bits per heavy atom. The number of hydrogen-bond donors (Lipinski definition) is 2. The van der Waals surface area contributed by atoms with Gasteiger partial charge >= 0.3 is 6.03 Å². The molecule has 1 aromatic heterocycles. The summed E-state index contributed by atoms with van der Waals surface area (Å²) in [5.74, 6) is 0.757. The van der Waals surface area contributed by atoms with E-state index < -0.39 is 0 Å². The maximum atomic E-state index is 12.1. The number of ether oxygens (including phenoxy) is 1. The van der Waals surface area contributed by atoms with Crippen LogP contribution in [-0.2, 0) is 0 Å². The molecule has 1 heterocycles. The molecular formula is C17H21N3O2. The predicted molar refractivity (Wildman–Crippen MR) is 85.7 cm³/mol. The zero-order valence-corrected chi connectivity index (χ0v) is 13.0. The van der Waals surface area contributed by atoms with Crippen LogP contribution < -0.4 is 15.4 Å². The van der Waals surface area contributed by atoms with E-state index in [1.807, 2.05) is 56.3 Å². The molecule has 0 saturated heterocycles. The van der Waals surface area contributed by atoms with Crippen LogP contribution in [0.3, 0.4) is 0 Å². The van der Waals surface area contributed by atoms with Gasteiger partial charge in [-0.25, -0.2) is 4.79 Å². The summed E-state index contributed by atoms with van der Waals surface area (Å²) in [5, 5.41) is 5.79. The molecule has 2 rings (SSSR count). The molecule has 22 heavy (non-hydrogen) atoms. The average molecular weight is 299 g/mol. The summed E-state index contributed by atoms with van der Waals surface area (Å²) in [6, 6.07) is 12.7. The van der Waals surface area contributed by atoms with Crippen molar-refractivity contribution >= 4 is 6.03 Å². The topological polar surface area (TPSA) is 63.2 Å². The molecule has 2 aromatic rings. The quantitative estimate of drug-likeness (QED) is 0.891. The van der Waals surface area contributed by atoms with Gasteiger partial charge in [-0.2, -0.15) is 0 Å². The molecule has 116 valence electrons. The van der Waals surface area contributed by atoms with E-state index in [-0.39, 0.29) is 18.1 Å². The molecule has 2 atom stereocenters. The van der Waals surface area contributed by atoms with E-state index in [2.05, 4.69) is 15.6 Å². The number of rotatable bonds is 5. The molecule has 2 N–H and O–H groups in total. The predicted octanol–water partition coefficient (Wildman–Crippen LogP) is 3.21. The lowest BCUT2D eigenvalue weighted by Crippen LogP contribution is -2.38. The number of hydrogen-bond acceptors (Lipinski definition) is 3. The van der Waals surface area contributed by atoms with Gasteiger partial charge in [0.05, 0.1) is 24.9 Å². The minimum Gasteiger partial charge on any atom is -0.496 e. The van der Waals surface area contributed by atoms with E-state index >= 15 is 0 Å². The number of carbonyl (C=O) groups is 1. The molecule has 0 unspecified atom stereocenters. The van der Waals surface area contributed by atoms with Gasteiger partial charge in [-0.05, 0) is 32.0 Å². The highest BCUT2D eigenvalue weighted by molar-refractivity contribution is 5.75. The Balaban J connectivity index is 1.97. The van der Waals surface area contributed by atoms with E-state index in [9.17, 15) is 4.79 Å². The van der Waals surface area contributed by atoms with Gasteiger partial charge in [0, 0.05) is 11.8 Å². The Labute approximate surface area is 130 Å². The molecule has 0 fully saturated rings. The number of nitrogens with one attached hydrogen (secondary N) is 2. The number of para-hydroxylation sites is 1. The molecule has 5 nitrogen and oxygen atoms in total. The van der Waals surface area contributed by atoms with E-state index in [4.69, 9.17) is 4.74 Å². The zero-order chi connectivity index (χ0) is 15.9. The van der Waals surface area contributed by atoms with Crippen LogP contribution in [0.1, 0.15) is 37.2 Å². The summed E-state index contributed by atoms with van der Waals surface area (Å²) in [6.45, 7) is 3.82. The summed E-state index contributed by atoms with van der Waals surface area (Å²) in [6.07, 6.45) is 1.71. The van der Waals surface area contributed by atoms with E-state index in [0.717, 1.165) is 17.0 Å². The molecule has 2 amide bonds. The highest BCUT2D eigenvalue weighted by Crippen LogP contribution is 2.24. The molecule has 0 spiro atoms. The smallest absolute Gasteiger partial charge is 0.315 e. The molecular weight excluding hydrogens is 278 g/mol. The number of urea groups is 1. The minimum absolute atomic E-state index is 0.160. The zero-order valence-electron chi connectivity index (χ0n) is 13.0. The van der Waals surface area contributed by atoms with Gasteiger partial charge in [0.25, 0.3) is 0 Å². The Kier molecular flexibility index (Phi) is 5.36. The van der Waals surface area contributed by atoms with Gasteiger partial charge in [0.2, 0.25) is 0 Å². The number of nitrogens with zero attached hydrogens (tertiary/aromatic N) is 1. The normalized spacial score (nSPS) is 13.0. The second kappa shape index (κ2) is 7.45. The lowest BCUT2D eigenvalue weighted by atomic mass is 10.1. The third-order valence-electron chi connectivity index (χ3n) is 3.43. The van der Waals surface area contributed by atoms with Crippen LogP contribution in [0.4, 0.5) is 4.79 Å². The molecule has 0 radical (unpaired) electrons. The molecule has 0 aliphatic heterocycles. The van der Waals surface area contributed by atoms with Crippen molar-refractivity contribution < 1.29 is 9.53 Å². The Hall–Kier alpha value is -2.56. The van der Waals surface area contributed by atoms with Gasteiger partial charge in [-0.1, -0.05) is 24.3 Å². The molecule has 0 aliphatic carbocycles. The van der Waals surface area contributed by atoms with Crippen molar-refractivity contribution in [3.05, 3.63) is 59.9 Å². The summed E-state index contributed by atoms with van der Waals surface area (Å²) in [4.78, 5) is 16.4. The first-order valence-electron chi connectivity index (χ1n) is 7.22. The van der Waals surface area contributed by atoms with Crippen LogP contribution in [0.2, 0.25) is 0 Å². The Bertz CT molecular complexity index is 616. The molecule has 0 saturated carbocycles. The highest BCUT2D eigenvalue weighted by Gasteiger charge is 2.15. The van der Waals surface area contributed by atoms with Crippen LogP contribution in [-0.4, -0.2) is 18.1 Å². The third-order valence-corrected chi connectivity index (χ3v) is 3.43. The Morgan fingerprint density at radius 3 is 2.41 bits per heavy atom. The highest BCUT2D eigenvalue weighted by atomic mass is 16.5. The van der Waals surface area contributed by atoms with Crippen molar-refractivity contribution in [1.29, 1.82) is 0 Å². The van der Waals surface area contributed by atoms with E-state index in [0.29, 0.717) is 0 Å². The van der Waals surface area contributed by atoms with Gasteiger partial charge in [0.1, 0.15) is 5.75 Å². The van der Waals surface area contributed by atoms with Crippen molar-refractivity contribution in [1.82, 2.24) is 15.6 Å². The van der Waals surface area contributed by atoms with Gasteiger partial charge in [-0.3, -0.25) is 4.98 Å². The maximum Gasteiger partial charge on any atom is 0.315 e. The first kappa shape index (κ1) is 15.8. The van der Waals surface area contributed by atoms with Crippen molar-refractivity contribution in [2.75, 3.05) is 7.11 Å². The van der Waals surface area contributed by atoms with Crippen LogP contribution in [0.5, 0.6) is 5.75 Å². The van der Waals surface area contributed by atoms with Crippen molar-refractivity contribution in [3.8, 4) is 5.75 Å². The molecule has 5 heteroatoms. The van der Waals surface area contributed by atoms with Gasteiger partial charge in [0.15, 0.2) is 0 Å². The lowest BCUT2D eigenvalue weighted by Gasteiger charge is -2.19. The largest absolute Gasteiger partial charge is 0.496 e. The van der Waals surface area contributed by atoms with Crippen molar-refractivity contribution in [2.24, 2.45) is 0 Å². The average Bonchev–Trinajstić information content (AvgIpc) is 2.55. The fourth-order valence-electron chi connectivity index (χ4n) is 2.24.